The summed E-state index contributed by atoms with van der Waals surface area (Å²) in [6, 6.07) is 15.6. The van der Waals surface area contributed by atoms with Crippen molar-refractivity contribution in [1.29, 1.82) is 0 Å². The number of piperazine rings is 1. The third-order valence-electron chi connectivity index (χ3n) is 5.61. The van der Waals surface area contributed by atoms with Gasteiger partial charge in [-0.25, -0.2) is 4.79 Å². The Hall–Kier alpha value is -2.73. The van der Waals surface area contributed by atoms with E-state index in [0.717, 1.165) is 34.8 Å². The molecule has 152 valence electrons. The van der Waals surface area contributed by atoms with Crippen molar-refractivity contribution < 1.29 is 4.79 Å². The fourth-order valence-corrected chi connectivity index (χ4v) is 4.15. The number of para-hydroxylation sites is 2. The van der Waals surface area contributed by atoms with Gasteiger partial charge in [0.1, 0.15) is 0 Å². The number of carbonyl (C=O) groups is 1. The number of nitrogens with zero attached hydrogens (tertiary/aromatic N) is 4. The van der Waals surface area contributed by atoms with Crippen molar-refractivity contribution in [3.05, 3.63) is 64.0 Å². The quantitative estimate of drug-likeness (QED) is 0.646. The molecule has 2 aromatic carbocycles. The van der Waals surface area contributed by atoms with Crippen LogP contribution in [0.1, 0.15) is 13.3 Å². The monoisotopic (exact) mass is 412 g/mol. The Morgan fingerprint density at radius 2 is 1.55 bits per heavy atom. The minimum atomic E-state index is -0.0472. The first kappa shape index (κ1) is 19.6. The Kier molecular flexibility index (Phi) is 5.62. The molecule has 0 unspecified atom stereocenters. The molecule has 4 rings (SSSR count). The van der Waals surface area contributed by atoms with E-state index in [9.17, 15) is 9.59 Å². The molecule has 0 bridgehead atoms. The second-order valence-electron chi connectivity index (χ2n) is 7.26. The zero-order valence-electron chi connectivity index (χ0n) is 16.6. The van der Waals surface area contributed by atoms with Gasteiger partial charge in [0.15, 0.2) is 0 Å². The number of halogens is 1. The lowest BCUT2D eigenvalue weighted by Crippen LogP contribution is -2.49. The average molecular weight is 413 g/mol. The van der Waals surface area contributed by atoms with Crippen LogP contribution in [-0.2, 0) is 17.9 Å². The van der Waals surface area contributed by atoms with Crippen LogP contribution >= 0.6 is 11.6 Å². The molecule has 3 aromatic rings. The number of aryl methyl sites for hydroxylation is 2. The lowest BCUT2D eigenvalue weighted by Gasteiger charge is -2.36. The summed E-state index contributed by atoms with van der Waals surface area (Å²) in [5.41, 5.74) is 2.89. The van der Waals surface area contributed by atoms with Crippen molar-refractivity contribution in [2.45, 2.75) is 26.4 Å². The van der Waals surface area contributed by atoms with E-state index in [-0.39, 0.29) is 11.6 Å². The van der Waals surface area contributed by atoms with E-state index in [0.29, 0.717) is 32.6 Å². The molecule has 0 spiro atoms. The molecule has 0 N–H and O–H groups in total. The number of fused-ring (bicyclic) bond motifs is 1. The van der Waals surface area contributed by atoms with Gasteiger partial charge in [0.2, 0.25) is 5.91 Å². The van der Waals surface area contributed by atoms with Crippen LogP contribution in [0.15, 0.2) is 53.3 Å². The van der Waals surface area contributed by atoms with Crippen LogP contribution in [0.2, 0.25) is 5.02 Å². The van der Waals surface area contributed by atoms with Crippen LogP contribution in [0.25, 0.3) is 11.0 Å². The number of hydrogen-bond acceptors (Lipinski definition) is 3. The van der Waals surface area contributed by atoms with E-state index < -0.39 is 0 Å². The molecule has 1 aliphatic rings. The van der Waals surface area contributed by atoms with Gasteiger partial charge in [-0.3, -0.25) is 13.9 Å². The third kappa shape index (κ3) is 3.90. The summed E-state index contributed by atoms with van der Waals surface area (Å²) in [5, 5.41) is 0.724. The van der Waals surface area contributed by atoms with E-state index in [1.807, 2.05) is 60.4 Å². The third-order valence-corrected chi connectivity index (χ3v) is 5.87. The molecule has 7 heteroatoms. The maximum Gasteiger partial charge on any atom is 0.329 e. The van der Waals surface area contributed by atoms with Crippen LogP contribution < -0.4 is 10.6 Å². The molecule has 0 atom stereocenters. The molecule has 1 aromatic heterocycles. The largest absolute Gasteiger partial charge is 0.368 e. The Bertz CT molecular complexity index is 1060. The highest BCUT2D eigenvalue weighted by Crippen LogP contribution is 2.20. The zero-order chi connectivity index (χ0) is 20.4. The topological polar surface area (TPSA) is 50.5 Å². The van der Waals surface area contributed by atoms with Crippen molar-refractivity contribution in [2.24, 2.45) is 0 Å². The minimum Gasteiger partial charge on any atom is -0.368 e. The highest BCUT2D eigenvalue weighted by atomic mass is 35.5. The Morgan fingerprint density at radius 1 is 0.931 bits per heavy atom. The summed E-state index contributed by atoms with van der Waals surface area (Å²) >= 11 is 5.96. The summed E-state index contributed by atoms with van der Waals surface area (Å²) in [7, 11) is 0. The number of anilines is 1. The Labute approximate surface area is 174 Å². The van der Waals surface area contributed by atoms with Gasteiger partial charge in [0, 0.05) is 56.4 Å². The second kappa shape index (κ2) is 8.33. The normalized spacial score (nSPS) is 14.6. The van der Waals surface area contributed by atoms with Crippen LogP contribution in [0.5, 0.6) is 0 Å². The van der Waals surface area contributed by atoms with Crippen LogP contribution in [0, 0.1) is 0 Å². The predicted molar refractivity (Wildman–Crippen MR) is 117 cm³/mol. The van der Waals surface area contributed by atoms with E-state index in [1.54, 1.807) is 9.13 Å². The molecule has 0 aliphatic carbocycles. The van der Waals surface area contributed by atoms with Crippen LogP contribution in [0.4, 0.5) is 5.69 Å². The number of aromatic nitrogens is 2. The van der Waals surface area contributed by atoms with Gasteiger partial charge in [0.05, 0.1) is 11.0 Å². The van der Waals surface area contributed by atoms with Crippen LogP contribution in [-0.4, -0.2) is 46.1 Å². The van der Waals surface area contributed by atoms with Gasteiger partial charge in [-0.1, -0.05) is 23.7 Å². The Morgan fingerprint density at radius 3 is 2.17 bits per heavy atom. The molecule has 1 saturated heterocycles. The summed E-state index contributed by atoms with van der Waals surface area (Å²) in [5.74, 6) is 0.0981. The number of hydrogen-bond donors (Lipinski definition) is 0. The number of amides is 1. The highest BCUT2D eigenvalue weighted by molar-refractivity contribution is 6.30. The van der Waals surface area contributed by atoms with Gasteiger partial charge in [0.25, 0.3) is 0 Å². The average Bonchev–Trinajstić information content (AvgIpc) is 3.03. The van der Waals surface area contributed by atoms with E-state index in [1.165, 1.54) is 0 Å². The molecule has 6 nitrogen and oxygen atoms in total. The van der Waals surface area contributed by atoms with Crippen molar-refractivity contribution in [3.8, 4) is 0 Å². The molecule has 1 aliphatic heterocycles. The summed E-state index contributed by atoms with van der Waals surface area (Å²) in [4.78, 5) is 29.6. The number of imidazole rings is 1. The van der Waals surface area contributed by atoms with Gasteiger partial charge in [-0.05, 0) is 43.3 Å². The van der Waals surface area contributed by atoms with E-state index >= 15 is 0 Å². The Balaban J connectivity index is 1.39. The van der Waals surface area contributed by atoms with E-state index in [2.05, 4.69) is 4.90 Å². The highest BCUT2D eigenvalue weighted by Gasteiger charge is 2.22. The maximum atomic E-state index is 12.8. The van der Waals surface area contributed by atoms with E-state index in [4.69, 9.17) is 11.6 Å². The molecule has 2 heterocycles. The summed E-state index contributed by atoms with van der Waals surface area (Å²) < 4.78 is 3.48. The molecule has 1 fully saturated rings. The molecular weight excluding hydrogens is 388 g/mol. The van der Waals surface area contributed by atoms with Gasteiger partial charge >= 0.3 is 5.69 Å². The fraction of sp³-hybridized carbons (Fsp3) is 0.364. The lowest BCUT2D eigenvalue weighted by molar-refractivity contribution is -0.131. The molecular formula is C22H25ClN4O2. The van der Waals surface area contributed by atoms with Gasteiger partial charge in [-0.15, -0.1) is 0 Å². The number of rotatable bonds is 5. The van der Waals surface area contributed by atoms with Crippen molar-refractivity contribution in [1.82, 2.24) is 14.0 Å². The zero-order valence-corrected chi connectivity index (χ0v) is 17.3. The smallest absolute Gasteiger partial charge is 0.329 e. The first-order chi connectivity index (χ1) is 14.1. The molecule has 29 heavy (non-hydrogen) atoms. The summed E-state index contributed by atoms with van der Waals surface area (Å²) in [6.07, 6.45) is 0.332. The van der Waals surface area contributed by atoms with Crippen molar-refractivity contribution in [2.75, 3.05) is 31.1 Å². The predicted octanol–water partition coefficient (Wildman–Crippen LogP) is 3.22. The molecule has 0 radical (unpaired) electrons. The van der Waals surface area contributed by atoms with Gasteiger partial charge < -0.3 is 9.80 Å². The molecule has 0 saturated carbocycles. The number of benzene rings is 2. The van der Waals surface area contributed by atoms with Crippen LogP contribution in [0.3, 0.4) is 0 Å². The standard InChI is InChI=1S/C22H25ClN4O2/c1-2-26-19-5-3-4-6-20(19)27(22(26)29)12-11-21(28)25-15-13-24(14-16-25)18-9-7-17(23)8-10-18/h3-10H,2,11-16H2,1H3. The summed E-state index contributed by atoms with van der Waals surface area (Å²) in [6.45, 7) is 5.95. The molecule has 1 amide bonds. The minimum absolute atomic E-state index is 0.0472. The number of carbonyl (C=O) groups excluding carboxylic acids is 1. The first-order valence-electron chi connectivity index (χ1n) is 10.0. The van der Waals surface area contributed by atoms with Crippen molar-refractivity contribution >= 4 is 34.2 Å². The fourth-order valence-electron chi connectivity index (χ4n) is 4.03. The first-order valence-corrected chi connectivity index (χ1v) is 10.4. The SMILES string of the molecule is CCn1c(=O)n(CCC(=O)N2CCN(c3ccc(Cl)cc3)CC2)c2ccccc21. The maximum absolute atomic E-state index is 12.8. The second-order valence-corrected chi connectivity index (χ2v) is 7.70. The lowest BCUT2D eigenvalue weighted by atomic mass is 10.2. The van der Waals surface area contributed by atoms with Crippen molar-refractivity contribution in [3.63, 3.8) is 0 Å². The van der Waals surface area contributed by atoms with Gasteiger partial charge in [-0.2, -0.15) is 0 Å².